The van der Waals surface area contributed by atoms with Crippen LogP contribution < -0.4 is 16.4 Å². The number of amides is 2. The number of methoxy groups -OCH3 is 1. The fraction of sp³-hybridized carbons (Fsp3) is 0.400. The number of nitrogens with zero attached hydrogens (tertiary/aromatic N) is 1. The molecule has 1 aromatic carbocycles. The van der Waals surface area contributed by atoms with Crippen LogP contribution in [0.1, 0.15) is 23.2 Å². The highest BCUT2D eigenvalue weighted by atomic mass is 16.5. The number of nitrogens with one attached hydrogen (secondary N) is 2. The number of nitrogens with two attached hydrogens (primary N) is 1. The van der Waals surface area contributed by atoms with Crippen LogP contribution in [0.3, 0.4) is 0 Å². The van der Waals surface area contributed by atoms with Gasteiger partial charge in [-0.3, -0.25) is 19.0 Å². The molecule has 2 amide bonds. The zero-order chi connectivity index (χ0) is 21.8. The number of hydrogen-bond acceptors (Lipinski definition) is 7. The van der Waals surface area contributed by atoms with E-state index < -0.39 is 36.6 Å². The van der Waals surface area contributed by atoms with Crippen LogP contribution in [0.5, 0.6) is 0 Å². The molecule has 0 bridgehead atoms. The lowest BCUT2D eigenvalue weighted by molar-refractivity contribution is -0.146. The maximum absolute atomic E-state index is 12.9. The van der Waals surface area contributed by atoms with E-state index in [0.717, 1.165) is 12.5 Å². The number of aliphatic hydroxyl groups is 1. The molecule has 0 aliphatic carbocycles. The van der Waals surface area contributed by atoms with Gasteiger partial charge in [-0.15, -0.1) is 0 Å². The topological polar surface area (TPSA) is 153 Å². The molecule has 0 radical (unpaired) electrons. The average molecular weight is 416 g/mol. The summed E-state index contributed by atoms with van der Waals surface area (Å²) >= 11 is 0. The lowest BCUT2D eigenvalue weighted by atomic mass is 10.0. The number of esters is 1. The summed E-state index contributed by atoms with van der Waals surface area (Å²) in [6.07, 6.45) is 2.45. The Morgan fingerprint density at radius 2 is 2.10 bits per heavy atom. The number of rotatable bonds is 7. The molecule has 1 saturated heterocycles. The summed E-state index contributed by atoms with van der Waals surface area (Å²) in [7, 11) is 1.15. The highest BCUT2D eigenvalue weighted by Gasteiger charge is 2.30. The summed E-state index contributed by atoms with van der Waals surface area (Å²) in [5.41, 5.74) is 7.33. The quantitative estimate of drug-likeness (QED) is 0.426. The molecule has 1 aromatic heterocycles. The van der Waals surface area contributed by atoms with Gasteiger partial charge in [-0.05, 0) is 24.5 Å². The molecule has 1 aliphatic heterocycles. The summed E-state index contributed by atoms with van der Waals surface area (Å²) in [5.74, 6) is -1.83. The predicted octanol–water partition coefficient (Wildman–Crippen LogP) is -0.920. The standard InChI is InChI=1S/C20H24N4O6/c1-30-20(29)15(10-25)23-18(27)13(21)8-11-9-24(16-5-3-2-4-12(11)16)19(28)14-6-7-17(26)22-14/h2-5,9,13-15,25H,6-8,10,21H2,1H3,(H,22,26)(H,23,27)/t13-,14-,15-/m0/s1. The third-order valence-electron chi connectivity index (χ3n) is 5.09. The molecule has 1 fully saturated rings. The van der Waals surface area contributed by atoms with Crippen molar-refractivity contribution in [1.82, 2.24) is 15.2 Å². The predicted molar refractivity (Wildman–Crippen MR) is 106 cm³/mol. The van der Waals surface area contributed by atoms with Crippen LogP contribution in [0.15, 0.2) is 30.5 Å². The van der Waals surface area contributed by atoms with E-state index in [1.807, 2.05) is 12.1 Å². The molecular formula is C20H24N4O6. The molecule has 3 atom stereocenters. The zero-order valence-corrected chi connectivity index (χ0v) is 16.5. The lowest BCUT2D eigenvalue weighted by Gasteiger charge is -2.17. The largest absolute Gasteiger partial charge is 0.467 e. The van der Waals surface area contributed by atoms with Crippen molar-refractivity contribution in [3.05, 3.63) is 36.0 Å². The fourth-order valence-corrected chi connectivity index (χ4v) is 3.49. The number of hydrogen-bond donors (Lipinski definition) is 4. The molecule has 5 N–H and O–H groups in total. The number of fused-ring (bicyclic) bond motifs is 1. The van der Waals surface area contributed by atoms with Crippen molar-refractivity contribution < 1.29 is 29.0 Å². The molecule has 10 nitrogen and oxygen atoms in total. The number of para-hydroxylation sites is 1. The van der Waals surface area contributed by atoms with Crippen molar-refractivity contribution in [3.63, 3.8) is 0 Å². The van der Waals surface area contributed by atoms with Gasteiger partial charge in [0.15, 0.2) is 6.04 Å². The third kappa shape index (κ3) is 4.34. The molecule has 10 heteroatoms. The monoisotopic (exact) mass is 416 g/mol. The van der Waals surface area contributed by atoms with Crippen molar-refractivity contribution in [2.75, 3.05) is 13.7 Å². The Hall–Kier alpha value is -3.24. The minimum absolute atomic E-state index is 0.100. The summed E-state index contributed by atoms with van der Waals surface area (Å²) in [5, 5.41) is 15.0. The molecule has 2 aromatic rings. The van der Waals surface area contributed by atoms with E-state index >= 15 is 0 Å². The van der Waals surface area contributed by atoms with Gasteiger partial charge in [0, 0.05) is 18.0 Å². The molecule has 0 spiro atoms. The third-order valence-corrected chi connectivity index (χ3v) is 5.09. The summed E-state index contributed by atoms with van der Waals surface area (Å²) < 4.78 is 5.99. The Kier molecular flexibility index (Phi) is 6.48. The number of aromatic nitrogens is 1. The highest BCUT2D eigenvalue weighted by molar-refractivity contribution is 5.99. The van der Waals surface area contributed by atoms with E-state index in [-0.39, 0.29) is 18.2 Å². The second kappa shape index (κ2) is 9.06. The van der Waals surface area contributed by atoms with Crippen molar-refractivity contribution in [2.45, 2.75) is 37.4 Å². The van der Waals surface area contributed by atoms with Gasteiger partial charge in [0.25, 0.3) is 5.91 Å². The van der Waals surface area contributed by atoms with E-state index in [1.54, 1.807) is 18.3 Å². The first-order chi connectivity index (χ1) is 14.3. The molecule has 2 heterocycles. The second-order valence-electron chi connectivity index (χ2n) is 7.12. The maximum atomic E-state index is 12.9. The lowest BCUT2D eigenvalue weighted by Crippen LogP contribution is -2.51. The first-order valence-corrected chi connectivity index (χ1v) is 9.53. The molecule has 160 valence electrons. The van der Waals surface area contributed by atoms with Crippen molar-refractivity contribution in [2.24, 2.45) is 5.73 Å². The molecule has 30 heavy (non-hydrogen) atoms. The molecule has 0 saturated carbocycles. The highest BCUT2D eigenvalue weighted by Crippen LogP contribution is 2.24. The van der Waals surface area contributed by atoms with Crippen LogP contribution in [0.2, 0.25) is 0 Å². The Labute approximate surface area is 172 Å². The van der Waals surface area contributed by atoms with Crippen LogP contribution in [-0.4, -0.2) is 65.2 Å². The number of carbonyl (C=O) groups excluding carboxylic acids is 4. The summed E-state index contributed by atoms with van der Waals surface area (Å²) in [6.45, 7) is -0.619. The first kappa shape index (κ1) is 21.5. The number of carbonyl (C=O) groups is 4. The van der Waals surface area contributed by atoms with Crippen LogP contribution in [0.4, 0.5) is 0 Å². The van der Waals surface area contributed by atoms with Crippen molar-refractivity contribution >= 4 is 34.6 Å². The average Bonchev–Trinajstić information content (AvgIpc) is 3.34. The van der Waals surface area contributed by atoms with Crippen LogP contribution in [0, 0.1) is 0 Å². The van der Waals surface area contributed by atoms with Crippen molar-refractivity contribution in [1.29, 1.82) is 0 Å². The first-order valence-electron chi connectivity index (χ1n) is 9.53. The van der Waals surface area contributed by atoms with Crippen LogP contribution in [0.25, 0.3) is 10.9 Å². The maximum Gasteiger partial charge on any atom is 0.330 e. The Morgan fingerprint density at radius 3 is 2.73 bits per heavy atom. The minimum atomic E-state index is -1.21. The number of benzene rings is 1. The van der Waals surface area contributed by atoms with E-state index in [1.165, 1.54) is 4.57 Å². The number of aliphatic hydroxyl groups excluding tert-OH is 1. The van der Waals surface area contributed by atoms with Gasteiger partial charge >= 0.3 is 5.97 Å². The van der Waals surface area contributed by atoms with Crippen LogP contribution in [-0.2, 0) is 25.5 Å². The van der Waals surface area contributed by atoms with Crippen LogP contribution >= 0.6 is 0 Å². The summed E-state index contributed by atoms with van der Waals surface area (Å²) in [4.78, 5) is 48.3. The molecular weight excluding hydrogens is 392 g/mol. The van der Waals surface area contributed by atoms with Gasteiger partial charge in [0.1, 0.15) is 6.04 Å². The van der Waals surface area contributed by atoms with Gasteiger partial charge in [-0.2, -0.15) is 0 Å². The number of ether oxygens (including phenoxy) is 1. The van der Waals surface area contributed by atoms with Gasteiger partial charge in [-0.25, -0.2) is 4.79 Å². The van der Waals surface area contributed by atoms with E-state index in [9.17, 15) is 24.3 Å². The van der Waals surface area contributed by atoms with E-state index in [2.05, 4.69) is 15.4 Å². The Balaban J connectivity index is 1.81. The molecule has 3 rings (SSSR count). The van der Waals surface area contributed by atoms with Gasteiger partial charge in [-0.1, -0.05) is 18.2 Å². The minimum Gasteiger partial charge on any atom is -0.467 e. The van der Waals surface area contributed by atoms with Gasteiger partial charge in [0.05, 0.1) is 25.3 Å². The second-order valence-corrected chi connectivity index (χ2v) is 7.12. The normalized spacial score (nSPS) is 18.0. The van der Waals surface area contributed by atoms with Gasteiger partial charge < -0.3 is 26.2 Å². The van der Waals surface area contributed by atoms with Gasteiger partial charge in [0.2, 0.25) is 11.8 Å². The van der Waals surface area contributed by atoms with E-state index in [4.69, 9.17) is 5.73 Å². The fourth-order valence-electron chi connectivity index (χ4n) is 3.49. The SMILES string of the molecule is COC(=O)[C@H](CO)NC(=O)[C@@H](N)Cc1cn(C(=O)[C@@H]2CCC(=O)N2)c2ccccc12. The smallest absolute Gasteiger partial charge is 0.330 e. The zero-order valence-electron chi connectivity index (χ0n) is 16.5. The summed E-state index contributed by atoms with van der Waals surface area (Å²) in [6, 6.07) is 4.37. The van der Waals surface area contributed by atoms with E-state index in [0.29, 0.717) is 23.9 Å². The Bertz CT molecular complexity index is 985. The van der Waals surface area contributed by atoms with Crippen molar-refractivity contribution in [3.8, 4) is 0 Å². The molecule has 1 aliphatic rings. The Morgan fingerprint density at radius 1 is 1.37 bits per heavy atom. The molecule has 0 unspecified atom stereocenters.